The average Bonchev–Trinajstić information content (AvgIpc) is 2.15. The van der Waals surface area contributed by atoms with Gasteiger partial charge in [-0.2, -0.15) is 0 Å². The molecule has 1 fully saturated rings. The second kappa shape index (κ2) is 6.19. The maximum atomic E-state index is 6.14. The highest BCUT2D eigenvalue weighted by Gasteiger charge is 2.34. The molecule has 0 amide bonds. The van der Waals surface area contributed by atoms with E-state index in [4.69, 9.17) is 5.73 Å². The molecule has 17 heavy (non-hydrogen) atoms. The predicted octanol–water partition coefficient (Wildman–Crippen LogP) is 3.41. The number of hydrogen-bond acceptors (Lipinski definition) is 2. The highest BCUT2D eigenvalue weighted by molar-refractivity contribution is 4.92. The second-order valence-electron chi connectivity index (χ2n) is 7.11. The minimum atomic E-state index is 0.272. The summed E-state index contributed by atoms with van der Waals surface area (Å²) < 4.78 is 0. The van der Waals surface area contributed by atoms with Gasteiger partial charge in [0.25, 0.3) is 0 Å². The molecular weight excluding hydrogens is 208 g/mol. The second-order valence-corrected chi connectivity index (χ2v) is 7.11. The monoisotopic (exact) mass is 240 g/mol. The van der Waals surface area contributed by atoms with Crippen molar-refractivity contribution < 1.29 is 0 Å². The molecule has 0 aromatic carbocycles. The Balaban J connectivity index is 2.69. The zero-order valence-corrected chi connectivity index (χ0v) is 12.4. The Bertz CT molecular complexity index is 209. The van der Waals surface area contributed by atoms with Gasteiger partial charge >= 0.3 is 0 Å². The van der Waals surface area contributed by atoms with Crippen LogP contribution in [0.4, 0.5) is 0 Å². The van der Waals surface area contributed by atoms with Crippen molar-refractivity contribution in [3.63, 3.8) is 0 Å². The number of nitrogens with two attached hydrogens (primary N) is 1. The van der Waals surface area contributed by atoms with E-state index in [2.05, 4.69) is 32.7 Å². The molecule has 0 aliphatic heterocycles. The minimum absolute atomic E-state index is 0.272. The van der Waals surface area contributed by atoms with Crippen LogP contribution in [0, 0.1) is 5.41 Å². The lowest BCUT2D eigenvalue weighted by Crippen LogP contribution is -2.54. The Kier molecular flexibility index (Phi) is 5.46. The number of rotatable bonds is 3. The standard InChI is InChI=1S/C15H32N2/c1-14(2,3)13-17(4)15(12-16)10-8-6-5-7-9-11-15/h5-13,16H2,1-4H3. The van der Waals surface area contributed by atoms with Crippen LogP contribution in [0.1, 0.15) is 65.7 Å². The first-order chi connectivity index (χ1) is 7.90. The Morgan fingerprint density at radius 3 is 1.88 bits per heavy atom. The van der Waals surface area contributed by atoms with Crippen LogP contribution in [0.2, 0.25) is 0 Å². The van der Waals surface area contributed by atoms with Crippen molar-refractivity contribution in [3.05, 3.63) is 0 Å². The van der Waals surface area contributed by atoms with E-state index in [-0.39, 0.29) is 5.54 Å². The normalized spacial score (nSPS) is 22.2. The third kappa shape index (κ3) is 4.59. The largest absolute Gasteiger partial charge is 0.329 e. The highest BCUT2D eigenvalue weighted by Crippen LogP contribution is 2.32. The van der Waals surface area contributed by atoms with Gasteiger partial charge in [-0.1, -0.05) is 52.9 Å². The van der Waals surface area contributed by atoms with Crippen LogP contribution < -0.4 is 5.73 Å². The summed E-state index contributed by atoms with van der Waals surface area (Å²) in [6.07, 6.45) is 9.49. The molecule has 1 rings (SSSR count). The molecule has 0 aromatic heterocycles. The number of likely N-dealkylation sites (N-methyl/N-ethyl adjacent to an activating group) is 1. The van der Waals surface area contributed by atoms with E-state index >= 15 is 0 Å². The molecule has 0 aromatic rings. The van der Waals surface area contributed by atoms with Crippen LogP contribution >= 0.6 is 0 Å². The van der Waals surface area contributed by atoms with E-state index < -0.39 is 0 Å². The van der Waals surface area contributed by atoms with Crippen molar-refractivity contribution in [2.24, 2.45) is 11.1 Å². The maximum Gasteiger partial charge on any atom is 0.0328 e. The van der Waals surface area contributed by atoms with Gasteiger partial charge in [-0.25, -0.2) is 0 Å². The van der Waals surface area contributed by atoms with Gasteiger partial charge in [0.2, 0.25) is 0 Å². The summed E-state index contributed by atoms with van der Waals surface area (Å²) >= 11 is 0. The van der Waals surface area contributed by atoms with Gasteiger partial charge in [0, 0.05) is 18.6 Å². The van der Waals surface area contributed by atoms with Crippen LogP contribution in [0.15, 0.2) is 0 Å². The van der Waals surface area contributed by atoms with Crippen LogP contribution in [0.3, 0.4) is 0 Å². The molecule has 0 bridgehead atoms. The van der Waals surface area contributed by atoms with Crippen molar-refractivity contribution in [1.29, 1.82) is 0 Å². The minimum Gasteiger partial charge on any atom is -0.329 e. The SMILES string of the molecule is CN(CC(C)(C)C)C1(CN)CCCCCCC1. The van der Waals surface area contributed by atoms with Crippen molar-refractivity contribution in [3.8, 4) is 0 Å². The Morgan fingerprint density at radius 2 is 1.47 bits per heavy atom. The predicted molar refractivity (Wildman–Crippen MR) is 76.2 cm³/mol. The van der Waals surface area contributed by atoms with E-state index in [0.29, 0.717) is 5.41 Å². The van der Waals surface area contributed by atoms with Gasteiger partial charge in [-0.15, -0.1) is 0 Å². The summed E-state index contributed by atoms with van der Waals surface area (Å²) in [5, 5.41) is 0. The maximum absolute atomic E-state index is 6.14. The lowest BCUT2D eigenvalue weighted by atomic mass is 9.81. The lowest BCUT2D eigenvalue weighted by molar-refractivity contribution is 0.0622. The third-order valence-corrected chi connectivity index (χ3v) is 4.19. The first-order valence-electron chi connectivity index (χ1n) is 7.31. The summed E-state index contributed by atoms with van der Waals surface area (Å²) in [6.45, 7) is 8.91. The topological polar surface area (TPSA) is 29.3 Å². The molecule has 1 saturated carbocycles. The van der Waals surface area contributed by atoms with Crippen molar-refractivity contribution >= 4 is 0 Å². The zero-order chi connectivity index (χ0) is 12.9. The molecule has 2 heteroatoms. The molecule has 1 aliphatic rings. The quantitative estimate of drug-likeness (QED) is 0.819. The molecule has 0 heterocycles. The van der Waals surface area contributed by atoms with Gasteiger partial charge in [0.15, 0.2) is 0 Å². The zero-order valence-electron chi connectivity index (χ0n) is 12.4. The molecule has 0 atom stereocenters. The van der Waals surface area contributed by atoms with Gasteiger partial charge in [-0.3, -0.25) is 4.90 Å². The van der Waals surface area contributed by atoms with Crippen LogP contribution in [-0.2, 0) is 0 Å². The molecule has 2 N–H and O–H groups in total. The van der Waals surface area contributed by atoms with E-state index in [1.807, 2.05) is 0 Å². The van der Waals surface area contributed by atoms with E-state index in [1.54, 1.807) is 0 Å². The van der Waals surface area contributed by atoms with Crippen molar-refractivity contribution in [2.75, 3.05) is 20.1 Å². The van der Waals surface area contributed by atoms with Crippen LogP contribution in [0.25, 0.3) is 0 Å². The first-order valence-corrected chi connectivity index (χ1v) is 7.31. The summed E-state index contributed by atoms with van der Waals surface area (Å²) in [5.41, 5.74) is 6.77. The van der Waals surface area contributed by atoms with E-state index in [1.165, 1.54) is 44.9 Å². The van der Waals surface area contributed by atoms with Gasteiger partial charge in [-0.05, 0) is 25.3 Å². The fourth-order valence-electron chi connectivity index (χ4n) is 3.18. The van der Waals surface area contributed by atoms with E-state index in [0.717, 1.165) is 13.1 Å². The Morgan fingerprint density at radius 1 is 1.00 bits per heavy atom. The van der Waals surface area contributed by atoms with Crippen molar-refractivity contribution in [1.82, 2.24) is 4.90 Å². The Labute approximate surface area is 108 Å². The van der Waals surface area contributed by atoms with Crippen LogP contribution in [-0.4, -0.2) is 30.6 Å². The summed E-state index contributed by atoms with van der Waals surface area (Å²) in [6, 6.07) is 0. The lowest BCUT2D eigenvalue weighted by Gasteiger charge is -2.45. The molecule has 2 nitrogen and oxygen atoms in total. The van der Waals surface area contributed by atoms with Gasteiger partial charge in [0.05, 0.1) is 0 Å². The average molecular weight is 240 g/mol. The smallest absolute Gasteiger partial charge is 0.0328 e. The first kappa shape index (κ1) is 15.0. The third-order valence-electron chi connectivity index (χ3n) is 4.19. The van der Waals surface area contributed by atoms with Gasteiger partial charge < -0.3 is 5.73 Å². The molecular formula is C15H32N2. The summed E-state index contributed by atoms with van der Waals surface area (Å²) in [5.74, 6) is 0. The summed E-state index contributed by atoms with van der Waals surface area (Å²) in [7, 11) is 2.28. The van der Waals surface area contributed by atoms with Gasteiger partial charge in [0.1, 0.15) is 0 Å². The number of nitrogens with zero attached hydrogens (tertiary/aromatic N) is 1. The number of hydrogen-bond donors (Lipinski definition) is 1. The molecule has 0 saturated heterocycles. The molecule has 102 valence electrons. The van der Waals surface area contributed by atoms with E-state index in [9.17, 15) is 0 Å². The molecule has 0 unspecified atom stereocenters. The highest BCUT2D eigenvalue weighted by atomic mass is 15.2. The Hall–Kier alpha value is -0.0800. The fourth-order valence-corrected chi connectivity index (χ4v) is 3.18. The molecule has 1 aliphatic carbocycles. The molecule has 0 spiro atoms. The fraction of sp³-hybridized carbons (Fsp3) is 1.00. The summed E-state index contributed by atoms with van der Waals surface area (Å²) in [4.78, 5) is 2.55. The van der Waals surface area contributed by atoms with Crippen molar-refractivity contribution in [2.45, 2.75) is 71.3 Å². The van der Waals surface area contributed by atoms with Crippen LogP contribution in [0.5, 0.6) is 0 Å². The molecule has 0 radical (unpaired) electrons.